The maximum absolute atomic E-state index is 12.8. The summed E-state index contributed by atoms with van der Waals surface area (Å²) in [7, 11) is 0. The molecule has 0 unspecified atom stereocenters. The monoisotopic (exact) mass is 378 g/mol. The van der Waals surface area contributed by atoms with Crippen LogP contribution in [0.1, 0.15) is 30.0 Å². The normalized spacial score (nSPS) is 20.8. The first-order valence-electron chi connectivity index (χ1n) is 10.2. The molecule has 0 radical (unpaired) electrons. The van der Waals surface area contributed by atoms with Crippen molar-refractivity contribution in [2.24, 2.45) is 5.92 Å². The Labute approximate surface area is 166 Å². The van der Waals surface area contributed by atoms with Gasteiger partial charge in [0, 0.05) is 17.7 Å². The summed E-state index contributed by atoms with van der Waals surface area (Å²) in [6.45, 7) is 3.86. The number of nitrogens with one attached hydrogen (secondary N) is 2. The Morgan fingerprint density at radius 2 is 1.54 bits per heavy atom. The topological polar surface area (TPSA) is 53.9 Å². The molecule has 5 heteroatoms. The van der Waals surface area contributed by atoms with Crippen molar-refractivity contribution in [3.8, 4) is 0 Å². The molecular formula is C23H28N3O2+. The maximum atomic E-state index is 12.8. The highest BCUT2D eigenvalue weighted by molar-refractivity contribution is 6.00. The van der Waals surface area contributed by atoms with E-state index in [9.17, 15) is 9.59 Å². The van der Waals surface area contributed by atoms with Crippen molar-refractivity contribution < 1.29 is 14.5 Å². The van der Waals surface area contributed by atoms with Crippen LogP contribution in [-0.2, 0) is 9.59 Å². The molecule has 0 bridgehead atoms. The van der Waals surface area contributed by atoms with Crippen molar-refractivity contribution in [2.75, 3.05) is 32.7 Å². The van der Waals surface area contributed by atoms with Crippen molar-refractivity contribution in [3.63, 3.8) is 0 Å². The van der Waals surface area contributed by atoms with Gasteiger partial charge in [0.15, 0.2) is 0 Å². The van der Waals surface area contributed by atoms with Crippen LogP contribution in [0.15, 0.2) is 60.7 Å². The Morgan fingerprint density at radius 3 is 2.07 bits per heavy atom. The third-order valence-corrected chi connectivity index (χ3v) is 5.97. The van der Waals surface area contributed by atoms with Gasteiger partial charge in [-0.3, -0.25) is 9.59 Å². The molecule has 2 aromatic carbocycles. The summed E-state index contributed by atoms with van der Waals surface area (Å²) in [4.78, 5) is 28.3. The third-order valence-electron chi connectivity index (χ3n) is 5.97. The Morgan fingerprint density at radius 1 is 0.964 bits per heavy atom. The fraction of sp³-hybridized carbons (Fsp3) is 0.391. The van der Waals surface area contributed by atoms with Crippen LogP contribution in [0.3, 0.4) is 0 Å². The molecule has 2 heterocycles. The van der Waals surface area contributed by atoms with Crippen LogP contribution in [0.4, 0.5) is 0 Å². The van der Waals surface area contributed by atoms with Crippen molar-refractivity contribution in [2.45, 2.75) is 18.9 Å². The number of benzene rings is 2. The van der Waals surface area contributed by atoms with Crippen LogP contribution >= 0.6 is 0 Å². The minimum absolute atomic E-state index is 0.00669. The van der Waals surface area contributed by atoms with Gasteiger partial charge >= 0.3 is 0 Å². The van der Waals surface area contributed by atoms with Gasteiger partial charge in [-0.15, -0.1) is 0 Å². The van der Waals surface area contributed by atoms with E-state index in [0.29, 0.717) is 26.1 Å². The van der Waals surface area contributed by atoms with E-state index >= 15 is 0 Å². The van der Waals surface area contributed by atoms with E-state index in [1.54, 1.807) is 0 Å². The molecule has 2 amide bonds. The second-order valence-corrected chi connectivity index (χ2v) is 7.72. The number of nitrogens with zero attached hydrogens (tertiary/aromatic N) is 1. The highest BCUT2D eigenvalue weighted by atomic mass is 16.2. The number of piperazine rings is 1. The second-order valence-electron chi connectivity index (χ2n) is 7.72. The second kappa shape index (κ2) is 8.57. The van der Waals surface area contributed by atoms with Crippen LogP contribution in [0, 0.1) is 5.92 Å². The van der Waals surface area contributed by atoms with Gasteiger partial charge in [0.05, 0.1) is 26.2 Å². The number of carbonyl (C=O) groups is 2. The molecule has 2 fully saturated rings. The lowest BCUT2D eigenvalue weighted by Gasteiger charge is -2.38. The molecule has 2 aromatic rings. The molecule has 2 aliphatic heterocycles. The van der Waals surface area contributed by atoms with Gasteiger partial charge in [-0.1, -0.05) is 60.7 Å². The predicted molar refractivity (Wildman–Crippen MR) is 108 cm³/mol. The SMILES string of the molecule is O=C1NCCC[C@@H]1C(=O)N1CC[NH+](C(c2ccccc2)c2ccccc2)CC1. The number of quaternary nitrogens is 1. The molecule has 0 saturated carbocycles. The summed E-state index contributed by atoms with van der Waals surface area (Å²) < 4.78 is 0. The fourth-order valence-corrected chi connectivity index (χ4v) is 4.49. The lowest BCUT2D eigenvalue weighted by molar-refractivity contribution is -0.929. The summed E-state index contributed by atoms with van der Waals surface area (Å²) >= 11 is 0. The molecule has 4 rings (SSSR count). The first-order chi connectivity index (χ1) is 13.7. The molecule has 0 aliphatic carbocycles. The number of hydrogen-bond acceptors (Lipinski definition) is 2. The average molecular weight is 378 g/mol. The van der Waals surface area contributed by atoms with Gasteiger partial charge in [0.25, 0.3) is 0 Å². The minimum atomic E-state index is -0.491. The molecule has 2 saturated heterocycles. The van der Waals surface area contributed by atoms with E-state index in [2.05, 4.69) is 53.8 Å². The quantitative estimate of drug-likeness (QED) is 0.781. The number of hydrogen-bond donors (Lipinski definition) is 2. The van der Waals surface area contributed by atoms with Crippen LogP contribution in [0.5, 0.6) is 0 Å². The number of amides is 2. The fourth-order valence-electron chi connectivity index (χ4n) is 4.49. The molecule has 1 atom stereocenters. The van der Waals surface area contributed by atoms with Gasteiger partial charge in [-0.25, -0.2) is 0 Å². The molecule has 0 spiro atoms. The van der Waals surface area contributed by atoms with Gasteiger partial charge in [0.2, 0.25) is 11.8 Å². The summed E-state index contributed by atoms with van der Waals surface area (Å²) in [5, 5.41) is 2.83. The standard InChI is InChI=1S/C23H27N3O2/c27-22-20(12-7-13-24-22)23(28)26-16-14-25(15-17-26)21(18-8-3-1-4-9-18)19-10-5-2-6-11-19/h1-6,8-11,20-21H,7,12-17H2,(H,24,27)/p+1/t20-/m0/s1. The van der Waals surface area contributed by atoms with E-state index < -0.39 is 5.92 Å². The number of rotatable bonds is 4. The van der Waals surface area contributed by atoms with Gasteiger partial charge < -0.3 is 15.1 Å². The van der Waals surface area contributed by atoms with Gasteiger partial charge in [-0.05, 0) is 12.8 Å². The molecule has 0 aromatic heterocycles. The molecule has 2 N–H and O–H groups in total. The van der Waals surface area contributed by atoms with E-state index in [0.717, 1.165) is 19.5 Å². The highest BCUT2D eigenvalue weighted by Crippen LogP contribution is 2.20. The van der Waals surface area contributed by atoms with Gasteiger partial charge in [0.1, 0.15) is 12.0 Å². The third kappa shape index (κ3) is 3.94. The summed E-state index contributed by atoms with van der Waals surface area (Å²) in [5.74, 6) is -0.584. The zero-order chi connectivity index (χ0) is 19.3. The lowest BCUT2D eigenvalue weighted by Crippen LogP contribution is -3.15. The van der Waals surface area contributed by atoms with Crippen LogP contribution in [0.25, 0.3) is 0 Å². The Balaban J connectivity index is 1.47. The zero-order valence-corrected chi connectivity index (χ0v) is 16.1. The average Bonchev–Trinajstić information content (AvgIpc) is 2.76. The number of carbonyl (C=O) groups excluding carboxylic acids is 2. The van der Waals surface area contributed by atoms with Crippen LogP contribution in [0.2, 0.25) is 0 Å². The zero-order valence-electron chi connectivity index (χ0n) is 16.1. The largest absolute Gasteiger partial charge is 0.355 e. The Kier molecular flexibility index (Phi) is 5.72. The van der Waals surface area contributed by atoms with Crippen molar-refractivity contribution in [1.82, 2.24) is 10.2 Å². The molecule has 28 heavy (non-hydrogen) atoms. The molecule has 146 valence electrons. The summed E-state index contributed by atoms with van der Waals surface area (Å²) in [6.07, 6.45) is 1.56. The lowest BCUT2D eigenvalue weighted by atomic mass is 9.95. The Bertz CT molecular complexity index is 762. The van der Waals surface area contributed by atoms with Crippen LogP contribution in [-0.4, -0.2) is 49.4 Å². The van der Waals surface area contributed by atoms with Crippen molar-refractivity contribution in [1.29, 1.82) is 0 Å². The molecule has 2 aliphatic rings. The smallest absolute Gasteiger partial charge is 0.235 e. The van der Waals surface area contributed by atoms with E-state index in [1.807, 2.05) is 17.0 Å². The minimum Gasteiger partial charge on any atom is -0.355 e. The first-order valence-corrected chi connectivity index (χ1v) is 10.2. The highest BCUT2D eigenvalue weighted by Gasteiger charge is 2.36. The molecule has 5 nitrogen and oxygen atoms in total. The summed E-state index contributed by atoms with van der Waals surface area (Å²) in [6, 6.07) is 21.5. The van der Waals surface area contributed by atoms with Crippen molar-refractivity contribution >= 4 is 11.8 Å². The van der Waals surface area contributed by atoms with Gasteiger partial charge in [-0.2, -0.15) is 0 Å². The maximum Gasteiger partial charge on any atom is 0.235 e. The van der Waals surface area contributed by atoms with E-state index in [4.69, 9.17) is 0 Å². The molecular weight excluding hydrogens is 350 g/mol. The number of piperidine rings is 1. The predicted octanol–water partition coefficient (Wildman–Crippen LogP) is 1.03. The first kappa shape index (κ1) is 18.7. The Hall–Kier alpha value is -2.66. The van der Waals surface area contributed by atoms with E-state index in [-0.39, 0.29) is 17.9 Å². The van der Waals surface area contributed by atoms with Crippen LogP contribution < -0.4 is 10.2 Å². The van der Waals surface area contributed by atoms with Crippen molar-refractivity contribution in [3.05, 3.63) is 71.8 Å². The van der Waals surface area contributed by atoms with E-state index in [1.165, 1.54) is 16.0 Å². The summed E-state index contributed by atoms with van der Waals surface area (Å²) in [5.41, 5.74) is 2.60.